The average Bonchev–Trinajstić information content (AvgIpc) is 2.71. The van der Waals surface area contributed by atoms with Gasteiger partial charge in [0.15, 0.2) is 0 Å². The van der Waals surface area contributed by atoms with Gasteiger partial charge >= 0.3 is 0 Å². The van der Waals surface area contributed by atoms with E-state index in [2.05, 4.69) is 4.98 Å². The number of benzene rings is 1. The third-order valence-electron chi connectivity index (χ3n) is 2.01. The molecule has 2 rings (SSSR count). The third kappa shape index (κ3) is 1.88. The lowest BCUT2D eigenvalue weighted by atomic mass is 10.1. The smallest absolute Gasteiger partial charge is 0.150 e. The zero-order valence-corrected chi connectivity index (χ0v) is 7.63. The molecule has 70 valence electrons. The fourth-order valence-electron chi connectivity index (χ4n) is 1.36. The van der Waals surface area contributed by atoms with Crippen molar-refractivity contribution in [3.8, 4) is 0 Å². The molecule has 0 atom stereocenters. The highest BCUT2D eigenvalue weighted by molar-refractivity contribution is 5.74. The lowest BCUT2D eigenvalue weighted by molar-refractivity contribution is 0.112. The quantitative estimate of drug-likeness (QED) is 0.684. The molecule has 0 amide bonds. The molecule has 1 heterocycles. The molecule has 3 nitrogen and oxygen atoms in total. The summed E-state index contributed by atoms with van der Waals surface area (Å²) in [7, 11) is 0. The largest absolute Gasteiger partial charge is 0.333 e. The van der Waals surface area contributed by atoms with Crippen LogP contribution in [0.1, 0.15) is 15.9 Å². The molecule has 0 aliphatic heterocycles. The molecule has 0 radical (unpaired) electrons. The van der Waals surface area contributed by atoms with Crippen LogP contribution in [0.2, 0.25) is 0 Å². The average molecular weight is 186 g/mol. The second-order valence-corrected chi connectivity index (χ2v) is 3.10. The monoisotopic (exact) mass is 186 g/mol. The Labute approximate surface area is 82.0 Å². The lowest BCUT2D eigenvalue weighted by Crippen LogP contribution is -1.96. The topological polar surface area (TPSA) is 34.9 Å². The number of carbonyl (C=O) groups is 1. The molecule has 0 saturated carbocycles. The summed E-state index contributed by atoms with van der Waals surface area (Å²) in [6.45, 7) is 0.752. The fraction of sp³-hybridized carbons (Fsp3) is 0.0909. The second kappa shape index (κ2) is 3.87. The summed E-state index contributed by atoms with van der Waals surface area (Å²) >= 11 is 0. The van der Waals surface area contributed by atoms with Crippen LogP contribution in [-0.2, 0) is 6.54 Å². The van der Waals surface area contributed by atoms with Gasteiger partial charge in [-0.05, 0) is 11.6 Å². The zero-order valence-electron chi connectivity index (χ0n) is 7.63. The van der Waals surface area contributed by atoms with Gasteiger partial charge in [-0.25, -0.2) is 4.98 Å². The Kier molecular flexibility index (Phi) is 2.40. The number of aromatic nitrogens is 2. The Balaban J connectivity index is 2.21. The number of hydrogen-bond donors (Lipinski definition) is 0. The van der Waals surface area contributed by atoms with E-state index < -0.39 is 0 Å². The highest BCUT2D eigenvalue weighted by atomic mass is 16.1. The van der Waals surface area contributed by atoms with Crippen LogP contribution in [0.3, 0.4) is 0 Å². The molecule has 3 heteroatoms. The standard InChI is InChI=1S/C11H10N2O/c14-8-11-3-1-2-10(6-11)7-13-5-4-12-9-13/h1-6,8-9H,7H2. The Morgan fingerprint density at radius 3 is 3.07 bits per heavy atom. The normalized spacial score (nSPS) is 10.0. The maximum atomic E-state index is 10.5. The highest BCUT2D eigenvalue weighted by Crippen LogP contribution is 2.05. The van der Waals surface area contributed by atoms with Crippen molar-refractivity contribution in [1.82, 2.24) is 9.55 Å². The summed E-state index contributed by atoms with van der Waals surface area (Å²) < 4.78 is 1.96. The molecular weight excluding hydrogens is 176 g/mol. The van der Waals surface area contributed by atoms with E-state index in [4.69, 9.17) is 0 Å². The van der Waals surface area contributed by atoms with E-state index >= 15 is 0 Å². The van der Waals surface area contributed by atoms with Gasteiger partial charge in [-0.3, -0.25) is 4.79 Å². The lowest BCUT2D eigenvalue weighted by Gasteiger charge is -2.02. The SMILES string of the molecule is O=Cc1cccc(Cn2ccnc2)c1. The van der Waals surface area contributed by atoms with Crippen LogP contribution < -0.4 is 0 Å². The van der Waals surface area contributed by atoms with Crippen molar-refractivity contribution in [3.05, 3.63) is 54.1 Å². The minimum absolute atomic E-state index is 0.711. The van der Waals surface area contributed by atoms with Gasteiger partial charge in [0, 0.05) is 24.5 Å². The highest BCUT2D eigenvalue weighted by Gasteiger charge is 1.95. The van der Waals surface area contributed by atoms with Gasteiger partial charge in [0.25, 0.3) is 0 Å². The van der Waals surface area contributed by atoms with Gasteiger partial charge in [-0.15, -0.1) is 0 Å². The van der Waals surface area contributed by atoms with Crippen molar-refractivity contribution in [1.29, 1.82) is 0 Å². The number of hydrogen-bond acceptors (Lipinski definition) is 2. The van der Waals surface area contributed by atoms with Crippen LogP contribution in [0.5, 0.6) is 0 Å². The first kappa shape index (κ1) is 8.69. The van der Waals surface area contributed by atoms with Gasteiger partial charge in [0.2, 0.25) is 0 Å². The van der Waals surface area contributed by atoms with Crippen molar-refractivity contribution < 1.29 is 4.79 Å². The molecule has 0 bridgehead atoms. The number of imidazole rings is 1. The van der Waals surface area contributed by atoms with Crippen molar-refractivity contribution in [3.63, 3.8) is 0 Å². The first-order valence-electron chi connectivity index (χ1n) is 4.38. The van der Waals surface area contributed by atoms with E-state index in [-0.39, 0.29) is 0 Å². The van der Waals surface area contributed by atoms with E-state index in [1.165, 1.54) is 0 Å². The van der Waals surface area contributed by atoms with E-state index in [0.29, 0.717) is 5.56 Å². The van der Waals surface area contributed by atoms with Crippen LogP contribution >= 0.6 is 0 Å². The molecule has 0 saturated heterocycles. The number of carbonyl (C=O) groups excluding carboxylic acids is 1. The van der Waals surface area contributed by atoms with Gasteiger partial charge in [-0.2, -0.15) is 0 Å². The molecule has 2 aromatic rings. The molecule has 0 fully saturated rings. The van der Waals surface area contributed by atoms with Crippen LogP contribution in [0, 0.1) is 0 Å². The summed E-state index contributed by atoms with van der Waals surface area (Å²) in [5, 5.41) is 0. The molecule has 0 N–H and O–H groups in total. The molecule has 1 aromatic heterocycles. The first-order chi connectivity index (χ1) is 6.88. The number of aldehydes is 1. The fourth-order valence-corrected chi connectivity index (χ4v) is 1.36. The van der Waals surface area contributed by atoms with Gasteiger partial charge in [0.1, 0.15) is 6.29 Å². The molecule has 0 unspecified atom stereocenters. The third-order valence-corrected chi connectivity index (χ3v) is 2.01. The van der Waals surface area contributed by atoms with Crippen molar-refractivity contribution in [2.75, 3.05) is 0 Å². The second-order valence-electron chi connectivity index (χ2n) is 3.10. The minimum atomic E-state index is 0.711. The van der Waals surface area contributed by atoms with Crippen LogP contribution in [0.25, 0.3) is 0 Å². The Bertz CT molecular complexity index is 421. The first-order valence-corrected chi connectivity index (χ1v) is 4.38. The van der Waals surface area contributed by atoms with Gasteiger partial charge in [0.05, 0.1) is 6.33 Å². The molecule has 1 aromatic carbocycles. The molecule has 14 heavy (non-hydrogen) atoms. The van der Waals surface area contributed by atoms with E-state index in [1.54, 1.807) is 18.6 Å². The van der Waals surface area contributed by atoms with Crippen molar-refractivity contribution in [2.45, 2.75) is 6.54 Å². The maximum absolute atomic E-state index is 10.5. The molecular formula is C11H10N2O. The summed E-state index contributed by atoms with van der Waals surface area (Å²) in [6.07, 6.45) is 6.25. The summed E-state index contributed by atoms with van der Waals surface area (Å²) in [5.41, 5.74) is 1.82. The zero-order chi connectivity index (χ0) is 9.80. The van der Waals surface area contributed by atoms with Gasteiger partial charge in [-0.1, -0.05) is 18.2 Å². The summed E-state index contributed by atoms with van der Waals surface area (Å²) in [5.74, 6) is 0. The van der Waals surface area contributed by atoms with Gasteiger partial charge < -0.3 is 4.57 Å². The maximum Gasteiger partial charge on any atom is 0.150 e. The molecule has 0 aliphatic rings. The van der Waals surface area contributed by atoms with E-state index in [1.807, 2.05) is 29.0 Å². The molecule has 0 spiro atoms. The Morgan fingerprint density at radius 2 is 2.36 bits per heavy atom. The van der Waals surface area contributed by atoms with E-state index in [0.717, 1.165) is 18.4 Å². The Morgan fingerprint density at radius 1 is 1.43 bits per heavy atom. The predicted molar refractivity (Wildman–Crippen MR) is 53.2 cm³/mol. The number of rotatable bonds is 3. The summed E-state index contributed by atoms with van der Waals surface area (Å²) in [4.78, 5) is 14.5. The minimum Gasteiger partial charge on any atom is -0.333 e. The van der Waals surface area contributed by atoms with Crippen molar-refractivity contribution in [2.24, 2.45) is 0 Å². The number of nitrogens with zero attached hydrogens (tertiary/aromatic N) is 2. The Hall–Kier alpha value is -1.90. The van der Waals surface area contributed by atoms with E-state index in [9.17, 15) is 4.79 Å². The van der Waals surface area contributed by atoms with Crippen LogP contribution in [-0.4, -0.2) is 15.8 Å². The van der Waals surface area contributed by atoms with Crippen LogP contribution in [0.4, 0.5) is 0 Å². The summed E-state index contributed by atoms with van der Waals surface area (Å²) in [6, 6.07) is 7.56. The van der Waals surface area contributed by atoms with Crippen LogP contribution in [0.15, 0.2) is 43.0 Å². The molecule has 0 aliphatic carbocycles. The van der Waals surface area contributed by atoms with Crippen molar-refractivity contribution >= 4 is 6.29 Å². The predicted octanol–water partition coefficient (Wildman–Crippen LogP) is 1.74.